The number of esters is 1. The summed E-state index contributed by atoms with van der Waals surface area (Å²) in [5.41, 5.74) is -0.434. The molecule has 0 aromatic carbocycles. The normalized spacial score (nSPS) is 15.6. The molecular weight excluding hydrogens is 206 g/mol. The van der Waals surface area contributed by atoms with E-state index in [0.717, 1.165) is 0 Å². The molecule has 2 unspecified atom stereocenters. The Morgan fingerprint density at radius 1 is 1.31 bits per heavy atom. The summed E-state index contributed by atoms with van der Waals surface area (Å²) in [6.07, 6.45) is 0. The van der Waals surface area contributed by atoms with Gasteiger partial charge >= 0.3 is 5.97 Å². The summed E-state index contributed by atoms with van der Waals surface area (Å²) in [6, 6.07) is -0.169. The maximum Gasteiger partial charge on any atom is 0.323 e. The summed E-state index contributed by atoms with van der Waals surface area (Å²) >= 11 is 0. The van der Waals surface area contributed by atoms with Gasteiger partial charge in [0, 0.05) is 12.6 Å². The third-order valence-corrected chi connectivity index (χ3v) is 1.87. The summed E-state index contributed by atoms with van der Waals surface area (Å²) in [5, 5.41) is 3.14. The van der Waals surface area contributed by atoms with Crippen molar-refractivity contribution in [2.75, 3.05) is 13.2 Å². The van der Waals surface area contributed by atoms with Crippen LogP contribution in [-0.4, -0.2) is 36.9 Å². The molecule has 0 heterocycles. The smallest absolute Gasteiger partial charge is 0.323 e. The largest absolute Gasteiger partial charge is 0.459 e. The van der Waals surface area contributed by atoms with Crippen LogP contribution in [0.2, 0.25) is 0 Å². The van der Waals surface area contributed by atoms with Crippen LogP contribution >= 0.6 is 0 Å². The van der Waals surface area contributed by atoms with E-state index in [-0.39, 0.29) is 18.1 Å². The molecule has 4 heteroatoms. The molecule has 0 fully saturated rings. The molecule has 96 valence electrons. The van der Waals surface area contributed by atoms with Gasteiger partial charge in [-0.25, -0.2) is 0 Å². The quantitative estimate of drug-likeness (QED) is 0.707. The summed E-state index contributed by atoms with van der Waals surface area (Å²) < 4.78 is 10.5. The van der Waals surface area contributed by atoms with E-state index in [1.165, 1.54) is 0 Å². The van der Waals surface area contributed by atoms with Gasteiger partial charge < -0.3 is 9.47 Å². The van der Waals surface area contributed by atoms with Crippen LogP contribution in [0.1, 0.15) is 41.5 Å². The summed E-state index contributed by atoms with van der Waals surface area (Å²) in [4.78, 5) is 11.6. The lowest BCUT2D eigenvalue weighted by Gasteiger charge is -2.24. The highest BCUT2D eigenvalue weighted by Gasteiger charge is 2.22. The molecule has 0 bridgehead atoms. The maximum atomic E-state index is 11.6. The molecule has 4 nitrogen and oxygen atoms in total. The second kappa shape index (κ2) is 6.86. The van der Waals surface area contributed by atoms with Crippen LogP contribution in [0.4, 0.5) is 0 Å². The van der Waals surface area contributed by atoms with Crippen molar-refractivity contribution in [2.45, 2.75) is 59.2 Å². The van der Waals surface area contributed by atoms with Crippen molar-refractivity contribution in [2.24, 2.45) is 0 Å². The monoisotopic (exact) mass is 231 g/mol. The molecule has 0 aliphatic heterocycles. The predicted molar refractivity (Wildman–Crippen MR) is 64.4 cm³/mol. The Bertz CT molecular complexity index is 211. The van der Waals surface area contributed by atoms with Crippen molar-refractivity contribution < 1.29 is 14.3 Å². The Morgan fingerprint density at radius 2 is 1.88 bits per heavy atom. The van der Waals surface area contributed by atoms with Gasteiger partial charge in [-0.05, 0) is 41.5 Å². The van der Waals surface area contributed by atoms with E-state index in [1.54, 1.807) is 6.92 Å². The fraction of sp³-hybridized carbons (Fsp3) is 0.917. The Kier molecular flexibility index (Phi) is 6.60. The third-order valence-electron chi connectivity index (χ3n) is 1.87. The van der Waals surface area contributed by atoms with Crippen LogP contribution in [0.5, 0.6) is 0 Å². The van der Waals surface area contributed by atoms with Gasteiger partial charge in [0.05, 0.1) is 6.61 Å². The molecule has 0 saturated carbocycles. The van der Waals surface area contributed by atoms with E-state index >= 15 is 0 Å². The molecule has 0 spiro atoms. The molecule has 0 aliphatic carbocycles. The Labute approximate surface area is 98.7 Å². The average Bonchev–Trinajstić information content (AvgIpc) is 2.11. The average molecular weight is 231 g/mol. The van der Waals surface area contributed by atoms with Gasteiger partial charge in [-0.2, -0.15) is 0 Å². The molecule has 1 N–H and O–H groups in total. The molecular formula is C12H25NO3. The minimum absolute atomic E-state index is 0.141. The Morgan fingerprint density at radius 3 is 2.31 bits per heavy atom. The second-order valence-electron chi connectivity index (χ2n) is 4.98. The third kappa shape index (κ3) is 7.65. The van der Waals surface area contributed by atoms with Crippen molar-refractivity contribution in [3.05, 3.63) is 0 Å². The minimum atomic E-state index is -0.434. The molecule has 16 heavy (non-hydrogen) atoms. The SMILES string of the molecule is CCOCC(C)NC(C)C(=O)OC(C)(C)C. The molecule has 2 atom stereocenters. The van der Waals surface area contributed by atoms with Crippen molar-refractivity contribution in [3.63, 3.8) is 0 Å². The van der Waals surface area contributed by atoms with Gasteiger partial charge in [0.25, 0.3) is 0 Å². The number of hydrogen-bond acceptors (Lipinski definition) is 4. The van der Waals surface area contributed by atoms with Crippen LogP contribution in [0.25, 0.3) is 0 Å². The first kappa shape index (κ1) is 15.4. The van der Waals surface area contributed by atoms with Crippen molar-refractivity contribution in [1.82, 2.24) is 5.32 Å². The molecule has 0 saturated heterocycles. The molecule has 0 aromatic rings. The lowest BCUT2D eigenvalue weighted by molar-refractivity contribution is -0.157. The molecule has 0 rings (SSSR count). The van der Waals surface area contributed by atoms with E-state index < -0.39 is 5.60 Å². The summed E-state index contributed by atoms with van der Waals surface area (Å²) in [5.74, 6) is -0.226. The van der Waals surface area contributed by atoms with Crippen molar-refractivity contribution in [3.8, 4) is 0 Å². The van der Waals surface area contributed by atoms with Crippen LogP contribution in [0, 0.1) is 0 Å². The van der Waals surface area contributed by atoms with E-state index in [4.69, 9.17) is 9.47 Å². The first-order chi connectivity index (χ1) is 7.26. The van der Waals surface area contributed by atoms with Crippen LogP contribution in [0.15, 0.2) is 0 Å². The number of carbonyl (C=O) groups excluding carboxylic acids is 1. The number of nitrogens with one attached hydrogen (secondary N) is 1. The van der Waals surface area contributed by atoms with E-state index in [1.807, 2.05) is 34.6 Å². The zero-order valence-electron chi connectivity index (χ0n) is 11.3. The first-order valence-corrected chi connectivity index (χ1v) is 5.83. The van der Waals surface area contributed by atoms with Crippen LogP contribution in [0.3, 0.4) is 0 Å². The fourth-order valence-electron chi connectivity index (χ4n) is 1.23. The van der Waals surface area contributed by atoms with E-state index in [2.05, 4.69) is 5.32 Å². The predicted octanol–water partition coefficient (Wildman–Crippen LogP) is 1.73. The lowest BCUT2D eigenvalue weighted by atomic mass is 10.2. The first-order valence-electron chi connectivity index (χ1n) is 5.83. The van der Waals surface area contributed by atoms with Gasteiger partial charge in [-0.1, -0.05) is 0 Å². The highest BCUT2D eigenvalue weighted by Crippen LogP contribution is 2.08. The fourth-order valence-corrected chi connectivity index (χ4v) is 1.23. The van der Waals surface area contributed by atoms with Crippen LogP contribution < -0.4 is 5.32 Å². The number of rotatable bonds is 6. The molecule has 0 radical (unpaired) electrons. The van der Waals surface area contributed by atoms with Gasteiger partial charge in [0.1, 0.15) is 11.6 Å². The lowest BCUT2D eigenvalue weighted by Crippen LogP contribution is -2.44. The molecule has 0 amide bonds. The van der Waals surface area contributed by atoms with Gasteiger partial charge in [0.15, 0.2) is 0 Å². The second-order valence-corrected chi connectivity index (χ2v) is 4.98. The zero-order chi connectivity index (χ0) is 12.8. The zero-order valence-corrected chi connectivity index (χ0v) is 11.3. The van der Waals surface area contributed by atoms with Crippen molar-refractivity contribution in [1.29, 1.82) is 0 Å². The standard InChI is InChI=1S/C12H25NO3/c1-7-15-8-9(2)13-10(3)11(14)16-12(4,5)6/h9-10,13H,7-8H2,1-6H3. The summed E-state index contributed by atoms with van der Waals surface area (Å²) in [6.45, 7) is 12.6. The summed E-state index contributed by atoms with van der Waals surface area (Å²) in [7, 11) is 0. The molecule has 0 aliphatic rings. The Balaban J connectivity index is 3.95. The van der Waals surface area contributed by atoms with Gasteiger partial charge in [-0.15, -0.1) is 0 Å². The van der Waals surface area contributed by atoms with Gasteiger partial charge in [0.2, 0.25) is 0 Å². The van der Waals surface area contributed by atoms with E-state index in [9.17, 15) is 4.79 Å². The highest BCUT2D eigenvalue weighted by molar-refractivity contribution is 5.75. The van der Waals surface area contributed by atoms with E-state index in [0.29, 0.717) is 13.2 Å². The maximum absolute atomic E-state index is 11.6. The minimum Gasteiger partial charge on any atom is -0.459 e. The highest BCUT2D eigenvalue weighted by atomic mass is 16.6. The topological polar surface area (TPSA) is 47.6 Å². The molecule has 0 aromatic heterocycles. The number of hydrogen-bond donors (Lipinski definition) is 1. The Hall–Kier alpha value is -0.610. The number of ether oxygens (including phenoxy) is 2. The van der Waals surface area contributed by atoms with Crippen molar-refractivity contribution >= 4 is 5.97 Å². The van der Waals surface area contributed by atoms with Gasteiger partial charge in [-0.3, -0.25) is 10.1 Å². The van der Waals surface area contributed by atoms with Crippen LogP contribution in [-0.2, 0) is 14.3 Å². The number of carbonyl (C=O) groups is 1.